The predicted octanol–water partition coefficient (Wildman–Crippen LogP) is 6.73. The highest BCUT2D eigenvalue weighted by Crippen LogP contribution is 2.44. The minimum atomic E-state index is -4.71. The van der Waals surface area contributed by atoms with Gasteiger partial charge < -0.3 is 46.9 Å². The Bertz CT molecular complexity index is 1840. The maximum atomic E-state index is 11.1. The number of hydrogen-bond acceptors (Lipinski definition) is 12. The zero-order chi connectivity index (χ0) is 40.1. The van der Waals surface area contributed by atoms with E-state index in [0.717, 1.165) is 11.1 Å². The molecule has 292 valence electrons. The monoisotopic (exact) mass is 792 g/mol. The molecule has 0 radical (unpaired) electrons. The molecule has 4 aromatic rings. The summed E-state index contributed by atoms with van der Waals surface area (Å²) in [5.74, 6) is 3.32. The van der Waals surface area contributed by atoms with Crippen LogP contribution in [0.3, 0.4) is 0 Å². The lowest BCUT2D eigenvalue weighted by Gasteiger charge is -2.13. The van der Waals surface area contributed by atoms with E-state index >= 15 is 0 Å². The van der Waals surface area contributed by atoms with Crippen LogP contribution in [0.15, 0.2) is 60.7 Å². The highest BCUT2D eigenvalue weighted by molar-refractivity contribution is 7.47. The Kier molecular flexibility index (Phi) is 15.7. The topological polar surface area (TPSA) is 207 Å². The average Bonchev–Trinajstić information content (AvgIpc) is 3.14. The van der Waals surface area contributed by atoms with Crippen LogP contribution in [0.5, 0.6) is 57.5 Å². The van der Waals surface area contributed by atoms with Crippen molar-refractivity contribution in [2.45, 2.75) is 0 Å². The van der Waals surface area contributed by atoms with Gasteiger partial charge in [0.25, 0.3) is 0 Å². The molecule has 0 aliphatic rings. The molecule has 4 N–H and O–H groups in total. The minimum absolute atomic E-state index is 0.0575. The van der Waals surface area contributed by atoms with Gasteiger partial charge in [-0.15, -0.1) is 0 Å². The molecule has 0 aromatic heterocycles. The molecule has 0 aliphatic carbocycles. The lowest BCUT2D eigenvalue weighted by atomic mass is 10.1. The summed E-state index contributed by atoms with van der Waals surface area (Å²) in [6.07, 6.45) is 7.06. The van der Waals surface area contributed by atoms with Gasteiger partial charge in [0.05, 0.1) is 56.9 Å². The van der Waals surface area contributed by atoms with Crippen molar-refractivity contribution >= 4 is 39.9 Å². The molecule has 0 aliphatic heterocycles. The van der Waals surface area contributed by atoms with Gasteiger partial charge in [-0.05, 0) is 70.8 Å². The quantitative estimate of drug-likeness (QED) is 0.0685. The summed E-state index contributed by atoms with van der Waals surface area (Å²) in [6, 6.07) is 16.6. The normalized spacial score (nSPS) is 11.3. The van der Waals surface area contributed by atoms with Gasteiger partial charge in [-0.3, -0.25) is 19.6 Å². The summed E-state index contributed by atoms with van der Waals surface area (Å²) in [6.45, 7) is 0. The molecule has 18 heteroatoms. The summed E-state index contributed by atoms with van der Waals surface area (Å²) in [4.78, 5) is 36.1. The zero-order valence-corrected chi connectivity index (χ0v) is 32.5. The number of ether oxygens (including phenoxy) is 8. The van der Waals surface area contributed by atoms with Crippen LogP contribution in [0.1, 0.15) is 22.3 Å². The summed E-state index contributed by atoms with van der Waals surface area (Å²) in [5, 5.41) is 0. The molecule has 4 aromatic carbocycles. The van der Waals surface area contributed by atoms with Crippen LogP contribution in [0, 0.1) is 0 Å². The van der Waals surface area contributed by atoms with Crippen molar-refractivity contribution in [3.8, 4) is 57.5 Å². The second kappa shape index (κ2) is 19.7. The van der Waals surface area contributed by atoms with Crippen molar-refractivity contribution in [2.24, 2.45) is 0 Å². The third kappa shape index (κ3) is 12.4. The van der Waals surface area contributed by atoms with Crippen molar-refractivity contribution in [3.05, 3.63) is 82.9 Å². The summed E-state index contributed by atoms with van der Waals surface area (Å²) < 4.78 is 73.5. The number of rotatable bonds is 16. The second-order valence-electron chi connectivity index (χ2n) is 10.6. The fourth-order valence-corrected chi connectivity index (χ4v) is 5.57. The Morgan fingerprint density at radius 2 is 0.630 bits per heavy atom. The van der Waals surface area contributed by atoms with E-state index in [2.05, 4.69) is 9.05 Å². The van der Waals surface area contributed by atoms with Crippen LogP contribution in [-0.2, 0) is 9.13 Å². The average molecular weight is 793 g/mol. The van der Waals surface area contributed by atoms with Crippen LogP contribution < -0.4 is 46.9 Å². The summed E-state index contributed by atoms with van der Waals surface area (Å²) in [5.41, 5.74) is 2.84. The van der Waals surface area contributed by atoms with Crippen LogP contribution in [0.25, 0.3) is 24.3 Å². The first-order valence-electron chi connectivity index (χ1n) is 15.4. The Morgan fingerprint density at radius 3 is 0.870 bits per heavy atom. The molecule has 0 fully saturated rings. The number of hydrogen-bond donors (Lipinski definition) is 4. The number of phosphoric ester groups is 2. The molecule has 0 saturated heterocycles. The minimum Gasteiger partial charge on any atom is -0.493 e. The van der Waals surface area contributed by atoms with Gasteiger partial charge in [-0.1, -0.05) is 36.4 Å². The molecular formula is C36H42O16P2. The number of phosphoric acid groups is 2. The zero-order valence-electron chi connectivity index (χ0n) is 30.7. The molecule has 16 nitrogen and oxygen atoms in total. The molecule has 4 rings (SSSR count). The van der Waals surface area contributed by atoms with E-state index in [1.165, 1.54) is 69.0 Å². The summed E-state index contributed by atoms with van der Waals surface area (Å²) in [7, 11) is 2.51. The van der Waals surface area contributed by atoms with E-state index in [9.17, 15) is 9.13 Å². The van der Waals surface area contributed by atoms with E-state index in [1.54, 1.807) is 72.8 Å². The highest BCUT2D eigenvalue weighted by atomic mass is 31.2. The van der Waals surface area contributed by atoms with Crippen LogP contribution >= 0.6 is 15.6 Å². The fourth-order valence-electron chi connectivity index (χ4n) is 4.77. The third-order valence-electron chi connectivity index (χ3n) is 7.12. The van der Waals surface area contributed by atoms with Gasteiger partial charge in [-0.25, -0.2) is 9.13 Å². The van der Waals surface area contributed by atoms with E-state index in [-0.39, 0.29) is 23.0 Å². The van der Waals surface area contributed by atoms with Crippen molar-refractivity contribution in [1.82, 2.24) is 0 Å². The van der Waals surface area contributed by atoms with Gasteiger partial charge in [0.2, 0.25) is 11.5 Å². The molecule has 0 saturated carbocycles. The third-order valence-corrected chi connectivity index (χ3v) is 7.99. The maximum absolute atomic E-state index is 11.1. The second-order valence-corrected chi connectivity index (χ2v) is 12.9. The van der Waals surface area contributed by atoms with E-state index < -0.39 is 15.6 Å². The first-order valence-corrected chi connectivity index (χ1v) is 18.5. The Balaban J connectivity index is 0.000000290. The van der Waals surface area contributed by atoms with Crippen LogP contribution in [0.2, 0.25) is 0 Å². The Labute approximate surface area is 312 Å². The predicted molar refractivity (Wildman–Crippen MR) is 201 cm³/mol. The van der Waals surface area contributed by atoms with Crippen molar-refractivity contribution in [2.75, 3.05) is 56.9 Å². The molecule has 0 amide bonds. The standard InChI is InChI=1S/2C18H21O8P/c2*1-22-14-8-7-12(9-15(14)26-27(19,20)21)5-6-13-10-16(23-2)18(25-4)17(11-13)24-3/h2*5-11H,1-4H3,(H2,19,20,21)/b2*6-5-. The van der Waals surface area contributed by atoms with Gasteiger partial charge in [0, 0.05) is 0 Å². The van der Waals surface area contributed by atoms with E-state index in [0.29, 0.717) is 45.6 Å². The molecule has 0 unspecified atom stereocenters. The number of methoxy groups -OCH3 is 8. The van der Waals surface area contributed by atoms with Gasteiger partial charge in [0.1, 0.15) is 0 Å². The molecular weight excluding hydrogens is 750 g/mol. The molecule has 0 spiro atoms. The SMILES string of the molecule is COc1ccc(/C=C\c2cc(OC)c(OC)c(OC)c2)cc1OP(=O)(O)O.COc1ccc(/C=C\c2cc(OC)c(OC)c(OC)c2)cc1OP(=O)(O)O. The van der Waals surface area contributed by atoms with Crippen LogP contribution in [-0.4, -0.2) is 76.5 Å². The number of benzene rings is 4. The fraction of sp³-hybridized carbons (Fsp3) is 0.222. The molecule has 0 atom stereocenters. The maximum Gasteiger partial charge on any atom is 0.524 e. The van der Waals surface area contributed by atoms with Crippen molar-refractivity contribution in [3.63, 3.8) is 0 Å². The van der Waals surface area contributed by atoms with E-state index in [1.807, 2.05) is 0 Å². The van der Waals surface area contributed by atoms with Gasteiger partial charge in [-0.2, -0.15) is 0 Å². The molecule has 54 heavy (non-hydrogen) atoms. The van der Waals surface area contributed by atoms with Gasteiger partial charge >= 0.3 is 15.6 Å². The Morgan fingerprint density at radius 1 is 0.370 bits per heavy atom. The van der Waals surface area contributed by atoms with E-state index in [4.69, 9.17) is 57.5 Å². The summed E-state index contributed by atoms with van der Waals surface area (Å²) >= 11 is 0. The largest absolute Gasteiger partial charge is 0.524 e. The van der Waals surface area contributed by atoms with Crippen LogP contribution in [0.4, 0.5) is 0 Å². The smallest absolute Gasteiger partial charge is 0.493 e. The molecule has 0 heterocycles. The highest BCUT2D eigenvalue weighted by Gasteiger charge is 2.20. The Hall–Kier alpha value is -5.34. The lowest BCUT2D eigenvalue weighted by Crippen LogP contribution is -1.95. The lowest BCUT2D eigenvalue weighted by molar-refractivity contribution is 0.274. The van der Waals surface area contributed by atoms with Crippen molar-refractivity contribution < 1.29 is 75.6 Å². The first kappa shape index (κ1) is 43.1. The molecule has 0 bridgehead atoms. The van der Waals surface area contributed by atoms with Crippen molar-refractivity contribution in [1.29, 1.82) is 0 Å². The first-order chi connectivity index (χ1) is 25.6. The van der Waals surface area contributed by atoms with Gasteiger partial charge in [0.15, 0.2) is 46.0 Å².